The minimum Gasteiger partial charge on any atom is -0.369 e. The highest BCUT2D eigenvalue weighted by atomic mass is 19.1. The molecule has 0 aromatic heterocycles. The number of carbonyl (C=O) groups is 1. The van der Waals surface area contributed by atoms with Crippen LogP contribution >= 0.6 is 0 Å². The summed E-state index contributed by atoms with van der Waals surface area (Å²) in [6, 6.07) is 4.33. The van der Waals surface area contributed by atoms with E-state index in [9.17, 15) is 9.18 Å². The number of carbonyl (C=O) groups excluding carboxylic acids is 1. The zero-order valence-electron chi connectivity index (χ0n) is 11.0. The Morgan fingerprint density at radius 2 is 2.26 bits per heavy atom. The second kappa shape index (κ2) is 7.52. The van der Waals surface area contributed by atoms with Crippen molar-refractivity contribution in [3.8, 4) is 11.8 Å². The zero-order chi connectivity index (χ0) is 14.3. The van der Waals surface area contributed by atoms with E-state index in [1.165, 1.54) is 12.1 Å². The highest BCUT2D eigenvalue weighted by Gasteiger charge is 2.08. The summed E-state index contributed by atoms with van der Waals surface area (Å²) in [6.07, 6.45) is -0.0514. The highest BCUT2D eigenvalue weighted by Crippen LogP contribution is 2.15. The van der Waals surface area contributed by atoms with Crippen molar-refractivity contribution in [3.63, 3.8) is 0 Å². The van der Waals surface area contributed by atoms with E-state index in [4.69, 9.17) is 10.5 Å². The third-order valence-electron chi connectivity index (χ3n) is 2.13. The molecule has 0 saturated heterocycles. The summed E-state index contributed by atoms with van der Waals surface area (Å²) in [5, 5.41) is 2.44. The maximum atomic E-state index is 13.7. The smallest absolute Gasteiger partial charge is 0.250 e. The summed E-state index contributed by atoms with van der Waals surface area (Å²) in [7, 11) is 0. The Labute approximate surface area is 112 Å². The molecule has 0 fully saturated rings. The van der Waals surface area contributed by atoms with Crippen LogP contribution in [0.3, 0.4) is 0 Å². The van der Waals surface area contributed by atoms with E-state index < -0.39 is 11.7 Å². The van der Waals surface area contributed by atoms with E-state index in [0.29, 0.717) is 5.56 Å². The Morgan fingerprint density at radius 3 is 2.84 bits per heavy atom. The number of amides is 1. The van der Waals surface area contributed by atoms with Gasteiger partial charge in [0.25, 0.3) is 0 Å². The first-order valence-electron chi connectivity index (χ1n) is 5.93. The van der Waals surface area contributed by atoms with E-state index in [0.717, 1.165) is 0 Å². The first-order valence-corrected chi connectivity index (χ1v) is 5.93. The molecule has 0 aliphatic carbocycles. The molecule has 102 valence electrons. The van der Waals surface area contributed by atoms with Gasteiger partial charge in [0.15, 0.2) is 0 Å². The fraction of sp³-hybridized carbons (Fsp3) is 0.357. The van der Waals surface area contributed by atoms with E-state index in [2.05, 4.69) is 17.2 Å². The number of hydrogen-bond donors (Lipinski definition) is 2. The largest absolute Gasteiger partial charge is 0.369 e. The number of anilines is 1. The van der Waals surface area contributed by atoms with Gasteiger partial charge in [-0.3, -0.25) is 4.79 Å². The van der Waals surface area contributed by atoms with Crippen LogP contribution in [-0.2, 0) is 9.53 Å². The maximum Gasteiger partial charge on any atom is 0.250 e. The van der Waals surface area contributed by atoms with Gasteiger partial charge in [-0.2, -0.15) is 0 Å². The van der Waals surface area contributed by atoms with Crippen molar-refractivity contribution in [2.75, 3.05) is 18.5 Å². The minimum atomic E-state index is -0.540. The zero-order valence-corrected chi connectivity index (χ0v) is 11.0. The van der Waals surface area contributed by atoms with Crippen LogP contribution in [0, 0.1) is 17.7 Å². The lowest BCUT2D eigenvalue weighted by molar-refractivity contribution is -0.121. The molecule has 0 unspecified atom stereocenters. The molecule has 1 amide bonds. The molecule has 0 atom stereocenters. The van der Waals surface area contributed by atoms with Crippen molar-refractivity contribution in [2.24, 2.45) is 5.73 Å². The molecule has 1 rings (SSSR count). The molecular formula is C14H17FN2O2. The first-order chi connectivity index (χ1) is 9.02. The number of benzene rings is 1. The molecule has 3 N–H and O–H groups in total. The van der Waals surface area contributed by atoms with Crippen molar-refractivity contribution in [1.29, 1.82) is 0 Å². The van der Waals surface area contributed by atoms with Gasteiger partial charge in [0.1, 0.15) is 12.4 Å². The number of hydrogen-bond acceptors (Lipinski definition) is 3. The van der Waals surface area contributed by atoms with Crippen molar-refractivity contribution >= 4 is 11.6 Å². The predicted octanol–water partition coefficient (Wildman–Crippen LogP) is 1.50. The molecule has 0 aliphatic rings. The molecule has 0 bridgehead atoms. The van der Waals surface area contributed by atoms with Gasteiger partial charge in [0, 0.05) is 5.56 Å². The molecule has 0 radical (unpaired) electrons. The molecule has 0 heterocycles. The lowest BCUT2D eigenvalue weighted by atomic mass is 10.2. The Morgan fingerprint density at radius 1 is 1.53 bits per heavy atom. The molecule has 19 heavy (non-hydrogen) atoms. The molecule has 4 nitrogen and oxygen atoms in total. The summed E-state index contributed by atoms with van der Waals surface area (Å²) >= 11 is 0. The van der Waals surface area contributed by atoms with E-state index in [1.807, 2.05) is 13.8 Å². The number of ether oxygens (including phenoxy) is 1. The topological polar surface area (TPSA) is 64.3 Å². The highest BCUT2D eigenvalue weighted by molar-refractivity contribution is 5.91. The Balaban J connectivity index is 2.67. The van der Waals surface area contributed by atoms with Crippen LogP contribution in [0.4, 0.5) is 10.1 Å². The van der Waals surface area contributed by atoms with Crippen molar-refractivity contribution in [1.82, 2.24) is 0 Å². The molecular weight excluding hydrogens is 247 g/mol. The fourth-order valence-corrected chi connectivity index (χ4v) is 1.28. The van der Waals surface area contributed by atoms with Gasteiger partial charge in [-0.05, 0) is 32.0 Å². The van der Waals surface area contributed by atoms with E-state index >= 15 is 0 Å². The van der Waals surface area contributed by atoms with Crippen LogP contribution in [0.1, 0.15) is 19.4 Å². The monoisotopic (exact) mass is 264 g/mol. The summed E-state index contributed by atoms with van der Waals surface area (Å²) < 4.78 is 18.8. The van der Waals surface area contributed by atoms with Crippen LogP contribution < -0.4 is 11.1 Å². The van der Waals surface area contributed by atoms with Gasteiger partial charge < -0.3 is 15.8 Å². The SMILES string of the molecule is CC(C)OCC(=O)Nc1ccc(C#CCN)cc1F. The van der Waals surface area contributed by atoms with Gasteiger partial charge in [-0.25, -0.2) is 4.39 Å². The molecule has 1 aromatic rings. The fourth-order valence-electron chi connectivity index (χ4n) is 1.28. The Bertz CT molecular complexity index is 504. The van der Waals surface area contributed by atoms with Crippen LogP contribution in [0.2, 0.25) is 0 Å². The Kier molecular flexibility index (Phi) is 6.00. The Hall–Kier alpha value is -1.90. The first kappa shape index (κ1) is 15.2. The summed E-state index contributed by atoms with van der Waals surface area (Å²) in [5.74, 6) is 4.41. The summed E-state index contributed by atoms with van der Waals surface area (Å²) in [6.45, 7) is 3.75. The number of rotatable bonds is 4. The molecule has 0 saturated carbocycles. The number of halogens is 1. The van der Waals surface area contributed by atoms with Gasteiger partial charge in [-0.15, -0.1) is 0 Å². The predicted molar refractivity (Wildman–Crippen MR) is 72.1 cm³/mol. The molecule has 0 aliphatic heterocycles. The molecule has 1 aromatic carbocycles. The standard InChI is InChI=1S/C14H17FN2O2/c1-10(2)19-9-14(18)17-13-6-5-11(4-3-7-16)8-12(13)15/h5-6,8,10H,7,9,16H2,1-2H3,(H,17,18). The third kappa shape index (κ3) is 5.51. The second-order valence-electron chi connectivity index (χ2n) is 4.11. The van der Waals surface area contributed by atoms with Crippen molar-refractivity contribution in [3.05, 3.63) is 29.6 Å². The van der Waals surface area contributed by atoms with Crippen molar-refractivity contribution in [2.45, 2.75) is 20.0 Å². The molecule has 0 spiro atoms. The lowest BCUT2D eigenvalue weighted by Gasteiger charge is -2.09. The number of nitrogens with two attached hydrogens (primary N) is 1. The van der Waals surface area contributed by atoms with Crippen LogP contribution in [0.15, 0.2) is 18.2 Å². The van der Waals surface area contributed by atoms with Crippen molar-refractivity contribution < 1.29 is 13.9 Å². The average molecular weight is 264 g/mol. The summed E-state index contributed by atoms with van der Waals surface area (Å²) in [5.41, 5.74) is 5.85. The normalized spacial score (nSPS) is 9.95. The van der Waals surface area contributed by atoms with Gasteiger partial charge in [0.2, 0.25) is 5.91 Å². The van der Waals surface area contributed by atoms with Crippen LogP contribution in [0.25, 0.3) is 0 Å². The average Bonchev–Trinajstić information content (AvgIpc) is 2.37. The van der Waals surface area contributed by atoms with E-state index in [-0.39, 0.29) is 24.9 Å². The van der Waals surface area contributed by atoms with Gasteiger partial charge in [-0.1, -0.05) is 11.8 Å². The van der Waals surface area contributed by atoms with Crippen LogP contribution in [-0.4, -0.2) is 25.2 Å². The number of nitrogens with one attached hydrogen (secondary N) is 1. The third-order valence-corrected chi connectivity index (χ3v) is 2.13. The second-order valence-corrected chi connectivity index (χ2v) is 4.11. The lowest BCUT2D eigenvalue weighted by Crippen LogP contribution is -2.21. The summed E-state index contributed by atoms with van der Waals surface area (Å²) in [4.78, 5) is 11.5. The minimum absolute atomic E-state index is 0.0514. The van der Waals surface area contributed by atoms with Gasteiger partial charge >= 0.3 is 0 Å². The maximum absolute atomic E-state index is 13.7. The van der Waals surface area contributed by atoms with Crippen LogP contribution in [0.5, 0.6) is 0 Å². The quantitative estimate of drug-likeness (QED) is 0.810. The van der Waals surface area contributed by atoms with E-state index in [1.54, 1.807) is 6.07 Å². The molecule has 5 heteroatoms. The van der Waals surface area contributed by atoms with Gasteiger partial charge in [0.05, 0.1) is 18.3 Å².